The molecule has 0 bridgehead atoms. The van der Waals surface area contributed by atoms with Crippen molar-refractivity contribution in [3.8, 4) is 5.75 Å². The lowest BCUT2D eigenvalue weighted by Crippen LogP contribution is -2.41. The zero-order valence-corrected chi connectivity index (χ0v) is 19.6. The SMILES string of the molecule is CN=C(NCCOc1ccc(C(C)C)cc1)N1CCC(c2cnn(C)c2)C1.I. The van der Waals surface area contributed by atoms with Gasteiger partial charge in [-0.25, -0.2) is 0 Å². The number of nitrogens with zero attached hydrogens (tertiary/aromatic N) is 4. The smallest absolute Gasteiger partial charge is 0.193 e. The van der Waals surface area contributed by atoms with E-state index in [4.69, 9.17) is 4.74 Å². The fourth-order valence-corrected chi connectivity index (χ4v) is 3.49. The second kappa shape index (κ2) is 10.7. The molecule has 0 aliphatic carbocycles. The van der Waals surface area contributed by atoms with Crippen molar-refractivity contribution in [3.63, 3.8) is 0 Å². The molecule has 154 valence electrons. The maximum absolute atomic E-state index is 5.84. The Kier molecular flexibility index (Phi) is 8.59. The first kappa shape index (κ1) is 22.5. The largest absolute Gasteiger partial charge is 0.492 e. The van der Waals surface area contributed by atoms with Gasteiger partial charge >= 0.3 is 0 Å². The third kappa shape index (κ3) is 5.86. The van der Waals surface area contributed by atoms with Gasteiger partial charge in [0.2, 0.25) is 0 Å². The molecule has 1 unspecified atom stereocenters. The molecule has 2 aromatic rings. The van der Waals surface area contributed by atoms with E-state index in [0.717, 1.165) is 37.8 Å². The number of hydrogen-bond donors (Lipinski definition) is 1. The summed E-state index contributed by atoms with van der Waals surface area (Å²) in [4.78, 5) is 6.75. The number of aromatic nitrogens is 2. The molecule has 0 radical (unpaired) electrons. The lowest BCUT2D eigenvalue weighted by molar-refractivity contribution is 0.319. The van der Waals surface area contributed by atoms with E-state index < -0.39 is 0 Å². The number of likely N-dealkylation sites (tertiary alicyclic amines) is 1. The Labute approximate surface area is 185 Å². The molecule has 2 heterocycles. The molecule has 1 aromatic heterocycles. The summed E-state index contributed by atoms with van der Waals surface area (Å²) in [5.41, 5.74) is 2.64. The van der Waals surface area contributed by atoms with E-state index in [1.165, 1.54) is 11.1 Å². The summed E-state index contributed by atoms with van der Waals surface area (Å²) >= 11 is 0. The Bertz CT molecular complexity index is 756. The van der Waals surface area contributed by atoms with E-state index >= 15 is 0 Å². The van der Waals surface area contributed by atoms with Crippen LogP contribution in [-0.2, 0) is 7.05 Å². The third-order valence-corrected chi connectivity index (χ3v) is 5.10. The summed E-state index contributed by atoms with van der Waals surface area (Å²) in [6, 6.07) is 8.36. The highest BCUT2D eigenvalue weighted by atomic mass is 127. The van der Waals surface area contributed by atoms with Gasteiger partial charge in [-0.1, -0.05) is 26.0 Å². The molecule has 1 N–H and O–H groups in total. The molecule has 0 amide bonds. The number of aliphatic imine (C=N–C) groups is 1. The predicted molar refractivity (Wildman–Crippen MR) is 125 cm³/mol. The Morgan fingerprint density at radius 2 is 2.07 bits per heavy atom. The van der Waals surface area contributed by atoms with Gasteiger partial charge in [-0.3, -0.25) is 9.67 Å². The van der Waals surface area contributed by atoms with Crippen LogP contribution in [0.1, 0.15) is 43.2 Å². The van der Waals surface area contributed by atoms with E-state index in [1.807, 2.05) is 37.1 Å². The molecule has 1 saturated heterocycles. The zero-order chi connectivity index (χ0) is 19.2. The molecule has 28 heavy (non-hydrogen) atoms. The van der Waals surface area contributed by atoms with E-state index in [0.29, 0.717) is 18.4 Å². The number of rotatable bonds is 6. The summed E-state index contributed by atoms with van der Waals surface area (Å²) < 4.78 is 7.72. The minimum Gasteiger partial charge on any atom is -0.492 e. The highest BCUT2D eigenvalue weighted by Crippen LogP contribution is 2.26. The van der Waals surface area contributed by atoms with E-state index in [2.05, 4.69) is 52.5 Å². The second-order valence-corrected chi connectivity index (χ2v) is 7.43. The van der Waals surface area contributed by atoms with Crippen molar-refractivity contribution in [2.24, 2.45) is 12.0 Å². The van der Waals surface area contributed by atoms with Crippen LogP contribution in [0.5, 0.6) is 5.75 Å². The monoisotopic (exact) mass is 497 g/mol. The van der Waals surface area contributed by atoms with Crippen molar-refractivity contribution in [2.45, 2.75) is 32.1 Å². The first-order valence-electron chi connectivity index (χ1n) is 9.73. The number of guanidine groups is 1. The van der Waals surface area contributed by atoms with Gasteiger partial charge in [0, 0.05) is 39.3 Å². The van der Waals surface area contributed by atoms with Crippen molar-refractivity contribution in [1.29, 1.82) is 0 Å². The molecule has 7 heteroatoms. The van der Waals surface area contributed by atoms with Crippen LogP contribution in [0.15, 0.2) is 41.7 Å². The number of benzene rings is 1. The van der Waals surface area contributed by atoms with Crippen LogP contribution in [0, 0.1) is 0 Å². The average Bonchev–Trinajstić information content (AvgIpc) is 3.31. The van der Waals surface area contributed by atoms with Crippen molar-refractivity contribution >= 4 is 29.9 Å². The van der Waals surface area contributed by atoms with Crippen molar-refractivity contribution in [2.75, 3.05) is 33.3 Å². The first-order valence-corrected chi connectivity index (χ1v) is 9.73. The molecule has 0 spiro atoms. The van der Waals surface area contributed by atoms with Gasteiger partial charge in [0.1, 0.15) is 12.4 Å². The van der Waals surface area contributed by atoms with Gasteiger partial charge in [-0.05, 0) is 35.6 Å². The van der Waals surface area contributed by atoms with Gasteiger partial charge < -0.3 is 15.0 Å². The van der Waals surface area contributed by atoms with Crippen LogP contribution < -0.4 is 10.1 Å². The summed E-state index contributed by atoms with van der Waals surface area (Å²) in [7, 11) is 3.80. The maximum Gasteiger partial charge on any atom is 0.193 e. The molecule has 6 nitrogen and oxygen atoms in total. The van der Waals surface area contributed by atoms with Crippen molar-refractivity contribution in [1.82, 2.24) is 20.0 Å². The molecule has 3 rings (SSSR count). The first-order chi connectivity index (χ1) is 13.1. The van der Waals surface area contributed by atoms with Crippen molar-refractivity contribution < 1.29 is 4.74 Å². The molecular formula is C21H32IN5O. The highest BCUT2D eigenvalue weighted by Gasteiger charge is 2.26. The molecule has 1 aromatic carbocycles. The molecule has 1 aliphatic heterocycles. The van der Waals surface area contributed by atoms with Crippen LogP contribution in [0.3, 0.4) is 0 Å². The van der Waals surface area contributed by atoms with Crippen molar-refractivity contribution in [3.05, 3.63) is 47.8 Å². The Hall–Kier alpha value is -1.77. The van der Waals surface area contributed by atoms with Gasteiger partial charge in [0.15, 0.2) is 5.96 Å². The number of hydrogen-bond acceptors (Lipinski definition) is 3. The number of aryl methyl sites for hydroxylation is 1. The lowest BCUT2D eigenvalue weighted by atomic mass is 10.0. The highest BCUT2D eigenvalue weighted by molar-refractivity contribution is 14.0. The summed E-state index contributed by atoms with van der Waals surface area (Å²) in [5.74, 6) is 2.92. The van der Waals surface area contributed by atoms with Crippen LogP contribution in [0.2, 0.25) is 0 Å². The molecular weight excluding hydrogens is 465 g/mol. The van der Waals surface area contributed by atoms with Gasteiger partial charge in [0.25, 0.3) is 0 Å². The van der Waals surface area contributed by atoms with Gasteiger partial charge in [-0.15, -0.1) is 24.0 Å². The standard InChI is InChI=1S/C21H31N5O.HI/c1-16(2)17-5-7-20(8-6-17)27-12-10-23-21(22-3)26-11-9-18(15-26)19-13-24-25(4)14-19;/h5-8,13-14,16,18H,9-12,15H2,1-4H3,(H,22,23);1H. The van der Waals surface area contributed by atoms with Gasteiger partial charge in [-0.2, -0.15) is 5.10 Å². The number of nitrogens with one attached hydrogen (secondary N) is 1. The number of ether oxygens (including phenoxy) is 1. The van der Waals surface area contributed by atoms with Crippen LogP contribution in [-0.4, -0.2) is 53.9 Å². The second-order valence-electron chi connectivity index (χ2n) is 7.43. The van der Waals surface area contributed by atoms with E-state index in [1.54, 1.807) is 0 Å². The van der Waals surface area contributed by atoms with Crippen LogP contribution >= 0.6 is 24.0 Å². The van der Waals surface area contributed by atoms with E-state index in [9.17, 15) is 0 Å². The fraction of sp³-hybridized carbons (Fsp3) is 0.524. The topological polar surface area (TPSA) is 54.7 Å². The Morgan fingerprint density at radius 1 is 1.32 bits per heavy atom. The minimum absolute atomic E-state index is 0. The lowest BCUT2D eigenvalue weighted by Gasteiger charge is -2.21. The molecule has 1 fully saturated rings. The maximum atomic E-state index is 5.84. The van der Waals surface area contributed by atoms with Crippen LogP contribution in [0.25, 0.3) is 0 Å². The molecule has 0 saturated carbocycles. The quantitative estimate of drug-likeness (QED) is 0.287. The summed E-state index contributed by atoms with van der Waals surface area (Å²) in [6.07, 6.45) is 5.22. The molecule has 1 aliphatic rings. The number of halogens is 1. The predicted octanol–water partition coefficient (Wildman–Crippen LogP) is 3.61. The molecule has 1 atom stereocenters. The zero-order valence-electron chi connectivity index (χ0n) is 17.3. The Balaban J connectivity index is 0.00000280. The normalized spacial score (nSPS) is 17.0. The minimum atomic E-state index is 0. The fourth-order valence-electron chi connectivity index (χ4n) is 3.49. The average molecular weight is 497 g/mol. The summed E-state index contributed by atoms with van der Waals surface area (Å²) in [5, 5.41) is 7.71. The summed E-state index contributed by atoms with van der Waals surface area (Å²) in [6.45, 7) is 7.72. The van der Waals surface area contributed by atoms with Crippen LogP contribution in [0.4, 0.5) is 0 Å². The third-order valence-electron chi connectivity index (χ3n) is 5.10. The van der Waals surface area contributed by atoms with E-state index in [-0.39, 0.29) is 24.0 Å². The van der Waals surface area contributed by atoms with Gasteiger partial charge in [0.05, 0.1) is 12.7 Å². The Morgan fingerprint density at radius 3 is 2.68 bits per heavy atom.